The number of halogens is 1. The van der Waals surface area contributed by atoms with Gasteiger partial charge in [-0.15, -0.1) is 0 Å². The molecule has 0 aromatic heterocycles. The van der Waals surface area contributed by atoms with Crippen molar-refractivity contribution in [1.82, 2.24) is 10.9 Å². The lowest BCUT2D eigenvalue weighted by atomic mass is 9.96. The molecule has 3 unspecified atom stereocenters. The molecule has 4 rings (SSSR count). The van der Waals surface area contributed by atoms with E-state index in [-0.39, 0.29) is 29.8 Å². The lowest BCUT2D eigenvalue weighted by molar-refractivity contribution is -0.113. The lowest BCUT2D eigenvalue weighted by Gasteiger charge is -2.36. The second kappa shape index (κ2) is 10.2. The van der Waals surface area contributed by atoms with Crippen LogP contribution in [-0.2, 0) is 4.79 Å². The van der Waals surface area contributed by atoms with Crippen LogP contribution in [0, 0.1) is 18.3 Å². The number of hydrogen-bond acceptors (Lipinski definition) is 8. The summed E-state index contributed by atoms with van der Waals surface area (Å²) in [6, 6.07) is 10.8. The fraction of sp³-hybridized carbons (Fsp3) is 0.348. The average Bonchev–Trinajstić information content (AvgIpc) is 3.20. The maximum absolute atomic E-state index is 12.8. The maximum Gasteiger partial charge on any atom is 0.234 e. The smallest absolute Gasteiger partial charge is 0.234 e. The monoisotopic (exact) mass is 502 g/mol. The van der Waals surface area contributed by atoms with E-state index in [9.17, 15) is 4.79 Å². The van der Waals surface area contributed by atoms with Crippen LogP contribution in [0.1, 0.15) is 12.5 Å². The van der Waals surface area contributed by atoms with Crippen LogP contribution < -0.4 is 30.5 Å². The molecular weight excluding hydrogens is 476 g/mol. The zero-order chi connectivity index (χ0) is 24.4. The molecule has 34 heavy (non-hydrogen) atoms. The second-order valence-corrected chi connectivity index (χ2v) is 9.32. The number of amides is 1. The van der Waals surface area contributed by atoms with Gasteiger partial charge >= 0.3 is 0 Å². The third kappa shape index (κ3) is 4.72. The molecule has 4 N–H and O–H groups in total. The molecule has 1 amide bonds. The highest BCUT2D eigenvalue weighted by molar-refractivity contribution is 8.14. The number of nitrogens with zero attached hydrogens (tertiary/aromatic N) is 2. The van der Waals surface area contributed by atoms with Crippen molar-refractivity contribution in [2.75, 3.05) is 30.2 Å². The summed E-state index contributed by atoms with van der Waals surface area (Å²) in [5.41, 5.74) is 8.45. The molecule has 0 spiro atoms. The number of anilines is 2. The Bertz CT molecular complexity index is 1140. The number of ether oxygens (including phenoxy) is 2. The summed E-state index contributed by atoms with van der Waals surface area (Å²) in [6.07, 6.45) is -0.290. The second-order valence-electron chi connectivity index (χ2n) is 7.97. The van der Waals surface area contributed by atoms with E-state index in [0.29, 0.717) is 33.2 Å². The molecule has 11 heteroatoms. The van der Waals surface area contributed by atoms with Gasteiger partial charge in [-0.1, -0.05) is 29.4 Å². The summed E-state index contributed by atoms with van der Waals surface area (Å²) in [5, 5.41) is 13.0. The third-order valence-corrected chi connectivity index (χ3v) is 7.19. The van der Waals surface area contributed by atoms with Crippen LogP contribution in [0.15, 0.2) is 41.4 Å². The third-order valence-electron chi connectivity index (χ3n) is 5.83. The van der Waals surface area contributed by atoms with Crippen molar-refractivity contribution in [2.24, 2.45) is 10.9 Å². The first-order valence-electron chi connectivity index (χ1n) is 10.7. The van der Waals surface area contributed by atoms with Gasteiger partial charge in [0.15, 0.2) is 5.17 Å². The molecule has 2 aliphatic heterocycles. The van der Waals surface area contributed by atoms with Crippen LogP contribution in [0.4, 0.5) is 11.4 Å². The Morgan fingerprint density at radius 1 is 1.26 bits per heavy atom. The van der Waals surface area contributed by atoms with Gasteiger partial charge in [0.25, 0.3) is 0 Å². The molecule has 0 radical (unpaired) electrons. The molecule has 0 bridgehead atoms. The first-order chi connectivity index (χ1) is 16.3. The van der Waals surface area contributed by atoms with Crippen molar-refractivity contribution < 1.29 is 14.3 Å². The first-order valence-corrected chi connectivity index (χ1v) is 12.1. The van der Waals surface area contributed by atoms with E-state index >= 15 is 0 Å². The molecule has 0 aliphatic carbocycles. The predicted octanol–water partition coefficient (Wildman–Crippen LogP) is 3.63. The van der Waals surface area contributed by atoms with Gasteiger partial charge in [0.1, 0.15) is 23.5 Å². The molecule has 9 nitrogen and oxygen atoms in total. The highest BCUT2D eigenvalue weighted by Crippen LogP contribution is 2.35. The number of rotatable bonds is 6. The number of benzene rings is 2. The van der Waals surface area contributed by atoms with Crippen LogP contribution in [0.2, 0.25) is 5.02 Å². The van der Waals surface area contributed by atoms with Crippen LogP contribution in [0.5, 0.6) is 11.5 Å². The SMILES string of the molecule is COc1ccc(OC)c(NC(=O)CSC2=NC3NNC(C)C3C(=N)N2c2cccc(Cl)c2C)c1. The molecular formula is C23H27ClN6O3S. The van der Waals surface area contributed by atoms with E-state index in [0.717, 1.165) is 11.3 Å². The Morgan fingerprint density at radius 2 is 2.06 bits per heavy atom. The van der Waals surface area contributed by atoms with Gasteiger partial charge < -0.3 is 14.8 Å². The van der Waals surface area contributed by atoms with Gasteiger partial charge in [-0.2, -0.15) is 0 Å². The van der Waals surface area contributed by atoms with Crippen LogP contribution >= 0.6 is 23.4 Å². The van der Waals surface area contributed by atoms with Crippen molar-refractivity contribution in [3.8, 4) is 11.5 Å². The van der Waals surface area contributed by atoms with E-state index < -0.39 is 0 Å². The topological polar surface area (TPSA) is 111 Å². The number of hydrogen-bond donors (Lipinski definition) is 4. The van der Waals surface area contributed by atoms with Crippen molar-refractivity contribution >= 4 is 51.6 Å². The minimum atomic E-state index is -0.290. The molecule has 2 heterocycles. The Hall–Kier alpha value is -2.79. The highest BCUT2D eigenvalue weighted by Gasteiger charge is 2.44. The molecule has 1 saturated heterocycles. The van der Waals surface area contributed by atoms with Gasteiger partial charge in [-0.3, -0.25) is 20.5 Å². The standard InChI is InChI=1S/C23H27ClN6O3S/c1-12-15(24)6-5-7-17(12)30-21(25)20-13(2)28-29-22(20)27-23(30)34-11-19(31)26-16-10-14(32-3)8-9-18(16)33-4/h5-10,13,20,22,25,28-29H,11H2,1-4H3,(H,26,31). The van der Waals surface area contributed by atoms with Crippen molar-refractivity contribution in [2.45, 2.75) is 26.1 Å². The Labute approximate surface area is 207 Å². The number of thioether (sulfide) groups is 1. The lowest BCUT2D eigenvalue weighted by Crippen LogP contribution is -2.50. The van der Waals surface area contributed by atoms with E-state index in [4.69, 9.17) is 31.5 Å². The average molecular weight is 503 g/mol. The number of methoxy groups -OCH3 is 2. The summed E-state index contributed by atoms with van der Waals surface area (Å²) in [5.74, 6) is 1.23. The summed E-state index contributed by atoms with van der Waals surface area (Å²) < 4.78 is 10.6. The number of fused-ring (bicyclic) bond motifs is 1. The van der Waals surface area contributed by atoms with Crippen LogP contribution in [0.25, 0.3) is 0 Å². The Morgan fingerprint density at radius 3 is 2.79 bits per heavy atom. The van der Waals surface area contributed by atoms with E-state index in [1.165, 1.54) is 11.8 Å². The number of carbonyl (C=O) groups excluding carboxylic acids is 1. The van der Waals surface area contributed by atoms with Crippen LogP contribution in [0.3, 0.4) is 0 Å². The number of carbonyl (C=O) groups is 1. The number of amidine groups is 2. The van der Waals surface area contributed by atoms with Crippen molar-refractivity contribution in [1.29, 1.82) is 5.41 Å². The summed E-state index contributed by atoms with van der Waals surface area (Å²) in [4.78, 5) is 19.5. The summed E-state index contributed by atoms with van der Waals surface area (Å²) in [7, 11) is 3.10. The van der Waals surface area contributed by atoms with Gasteiger partial charge in [0.2, 0.25) is 5.91 Å². The highest BCUT2D eigenvalue weighted by atomic mass is 35.5. The molecule has 0 saturated carbocycles. The largest absolute Gasteiger partial charge is 0.497 e. The van der Waals surface area contributed by atoms with Gasteiger partial charge in [-0.05, 0) is 43.7 Å². The summed E-state index contributed by atoms with van der Waals surface area (Å²) in [6.45, 7) is 3.92. The van der Waals surface area contributed by atoms with Crippen molar-refractivity contribution in [3.05, 3.63) is 47.0 Å². The first kappa shape index (κ1) is 24.3. The number of aliphatic imine (C=N–C) groups is 1. The van der Waals surface area contributed by atoms with Gasteiger partial charge in [0.05, 0.1) is 37.3 Å². The minimum Gasteiger partial charge on any atom is -0.497 e. The Kier molecular flexibility index (Phi) is 7.32. The van der Waals surface area contributed by atoms with Gasteiger partial charge in [-0.25, -0.2) is 10.4 Å². The minimum absolute atomic E-state index is 0.0265. The predicted molar refractivity (Wildman–Crippen MR) is 137 cm³/mol. The van der Waals surface area contributed by atoms with Crippen molar-refractivity contribution in [3.63, 3.8) is 0 Å². The molecule has 2 aromatic rings. The number of hydrazine groups is 1. The fourth-order valence-corrected chi connectivity index (χ4v) is 5.01. The molecule has 3 atom stereocenters. The van der Waals surface area contributed by atoms with E-state index in [1.54, 1.807) is 37.3 Å². The molecule has 1 fully saturated rings. The Balaban J connectivity index is 1.58. The zero-order valence-corrected chi connectivity index (χ0v) is 20.9. The van der Waals surface area contributed by atoms with Crippen LogP contribution in [-0.4, -0.2) is 49.1 Å². The van der Waals surface area contributed by atoms with E-state index in [1.807, 2.05) is 32.0 Å². The quantitative estimate of drug-likeness (QED) is 0.477. The summed E-state index contributed by atoms with van der Waals surface area (Å²) >= 11 is 7.64. The molecule has 180 valence electrons. The molecule has 2 aromatic carbocycles. The number of nitrogens with one attached hydrogen (secondary N) is 4. The zero-order valence-electron chi connectivity index (χ0n) is 19.3. The normalized spacial score (nSPS) is 21.7. The fourth-order valence-electron chi connectivity index (χ4n) is 4.00. The maximum atomic E-state index is 12.8. The molecule has 2 aliphatic rings. The van der Waals surface area contributed by atoms with Gasteiger partial charge in [0, 0.05) is 17.1 Å². The van der Waals surface area contributed by atoms with E-state index in [2.05, 4.69) is 16.2 Å².